The first-order chi connectivity index (χ1) is 15.9. The van der Waals surface area contributed by atoms with Gasteiger partial charge in [0, 0.05) is 0 Å². The van der Waals surface area contributed by atoms with Gasteiger partial charge in [-0.25, -0.2) is 9.59 Å². The molecule has 4 N–H and O–H groups in total. The van der Waals surface area contributed by atoms with E-state index in [9.17, 15) is 24.3 Å². The number of carboxylic acid groups (broad SMARTS) is 1. The highest BCUT2D eigenvalue weighted by Crippen LogP contribution is 2.11. The van der Waals surface area contributed by atoms with E-state index in [-0.39, 0.29) is 24.4 Å². The molecule has 3 amide bonds. The Bertz CT molecular complexity index is 810. The largest absolute Gasteiger partial charge is 0.480 e. The molecule has 1 aromatic carbocycles. The summed E-state index contributed by atoms with van der Waals surface area (Å²) >= 11 is 0. The van der Waals surface area contributed by atoms with Crippen LogP contribution in [0.5, 0.6) is 0 Å². The molecule has 3 atom stereocenters. The molecule has 0 aliphatic rings. The zero-order valence-corrected chi connectivity index (χ0v) is 21.0. The Morgan fingerprint density at radius 3 is 1.76 bits per heavy atom. The molecule has 0 aliphatic carbocycles. The zero-order valence-electron chi connectivity index (χ0n) is 21.0. The van der Waals surface area contributed by atoms with Gasteiger partial charge >= 0.3 is 12.1 Å². The number of amides is 3. The Labute approximate surface area is 202 Å². The van der Waals surface area contributed by atoms with E-state index in [1.807, 2.05) is 58.0 Å². The molecule has 1 aromatic rings. The number of benzene rings is 1. The van der Waals surface area contributed by atoms with Gasteiger partial charge in [0.2, 0.25) is 11.8 Å². The van der Waals surface area contributed by atoms with Gasteiger partial charge in [0.15, 0.2) is 0 Å². The van der Waals surface area contributed by atoms with Crippen molar-refractivity contribution in [2.24, 2.45) is 17.8 Å². The summed E-state index contributed by atoms with van der Waals surface area (Å²) in [5.74, 6) is -2.42. The molecular weight excluding hydrogens is 438 g/mol. The third kappa shape index (κ3) is 10.7. The summed E-state index contributed by atoms with van der Waals surface area (Å²) in [6.45, 7) is 11.1. The average molecular weight is 478 g/mol. The molecule has 0 aromatic heterocycles. The monoisotopic (exact) mass is 477 g/mol. The highest BCUT2D eigenvalue weighted by Gasteiger charge is 2.31. The van der Waals surface area contributed by atoms with Crippen LogP contribution in [0.25, 0.3) is 0 Å². The predicted octanol–water partition coefficient (Wildman–Crippen LogP) is 3.08. The molecule has 0 spiro atoms. The van der Waals surface area contributed by atoms with E-state index >= 15 is 0 Å². The van der Waals surface area contributed by atoms with E-state index in [1.165, 1.54) is 0 Å². The van der Waals surface area contributed by atoms with E-state index in [4.69, 9.17) is 4.74 Å². The molecule has 34 heavy (non-hydrogen) atoms. The Morgan fingerprint density at radius 2 is 1.29 bits per heavy atom. The first-order valence-electron chi connectivity index (χ1n) is 11.7. The van der Waals surface area contributed by atoms with E-state index in [0.717, 1.165) is 5.56 Å². The van der Waals surface area contributed by atoms with E-state index < -0.39 is 42.0 Å². The maximum atomic E-state index is 13.1. The maximum absolute atomic E-state index is 13.1. The molecule has 9 heteroatoms. The Hall–Kier alpha value is -3.10. The van der Waals surface area contributed by atoms with Gasteiger partial charge in [-0.1, -0.05) is 71.9 Å². The summed E-state index contributed by atoms with van der Waals surface area (Å²) in [5, 5.41) is 17.2. The number of carbonyl (C=O) groups is 4. The molecule has 0 fully saturated rings. The number of alkyl carbamates (subject to hydrolysis) is 1. The van der Waals surface area contributed by atoms with Gasteiger partial charge < -0.3 is 25.8 Å². The number of carboxylic acids is 1. The van der Waals surface area contributed by atoms with Crippen LogP contribution in [-0.4, -0.2) is 47.1 Å². The second kappa shape index (κ2) is 14.2. The van der Waals surface area contributed by atoms with Crippen LogP contribution in [0.4, 0.5) is 4.79 Å². The third-order valence-corrected chi connectivity index (χ3v) is 5.10. The van der Waals surface area contributed by atoms with Crippen molar-refractivity contribution in [1.29, 1.82) is 0 Å². The minimum atomic E-state index is -1.14. The van der Waals surface area contributed by atoms with Crippen molar-refractivity contribution in [2.75, 3.05) is 0 Å². The van der Waals surface area contributed by atoms with Gasteiger partial charge in [-0.2, -0.15) is 0 Å². The Morgan fingerprint density at radius 1 is 0.794 bits per heavy atom. The molecule has 0 unspecified atom stereocenters. The van der Waals surface area contributed by atoms with Crippen molar-refractivity contribution in [3.63, 3.8) is 0 Å². The quantitative estimate of drug-likeness (QED) is 0.345. The van der Waals surface area contributed by atoms with Crippen molar-refractivity contribution in [2.45, 2.75) is 79.1 Å². The molecule has 0 saturated carbocycles. The summed E-state index contributed by atoms with van der Waals surface area (Å²) in [7, 11) is 0. The van der Waals surface area contributed by atoms with Gasteiger partial charge in [-0.05, 0) is 36.2 Å². The molecule has 0 saturated heterocycles. The lowest BCUT2D eigenvalue weighted by Crippen LogP contribution is -2.57. The number of carbonyl (C=O) groups excluding carboxylic acids is 3. The molecule has 190 valence electrons. The summed E-state index contributed by atoms with van der Waals surface area (Å²) in [4.78, 5) is 49.8. The standard InChI is InChI=1S/C25H39N3O6/c1-15(2)12-19(23(30)28-21(17(5)6)24(31)32)26-22(29)20(13-16(3)4)27-25(33)34-14-18-10-8-7-9-11-18/h7-11,15-17,19-21H,12-14H2,1-6H3,(H,26,29)(H,27,33)(H,28,30)(H,31,32)/t19-,20-,21-/m0/s1. The molecular formula is C25H39N3O6. The minimum absolute atomic E-state index is 0.0609. The summed E-state index contributed by atoms with van der Waals surface area (Å²) in [6.07, 6.45) is -0.0822. The van der Waals surface area contributed by atoms with Crippen LogP contribution in [0.3, 0.4) is 0 Å². The van der Waals surface area contributed by atoms with Crippen molar-refractivity contribution in [1.82, 2.24) is 16.0 Å². The fraction of sp³-hybridized carbons (Fsp3) is 0.600. The molecule has 9 nitrogen and oxygen atoms in total. The maximum Gasteiger partial charge on any atom is 0.408 e. The Balaban J connectivity index is 2.88. The fourth-order valence-electron chi connectivity index (χ4n) is 3.35. The lowest BCUT2D eigenvalue weighted by Gasteiger charge is -2.26. The summed E-state index contributed by atoms with van der Waals surface area (Å²) in [6, 6.07) is 6.24. The van der Waals surface area contributed by atoms with E-state index in [1.54, 1.807) is 13.8 Å². The molecule has 0 radical (unpaired) electrons. The average Bonchev–Trinajstić information content (AvgIpc) is 2.74. The number of aliphatic carboxylic acids is 1. The summed E-state index contributed by atoms with van der Waals surface area (Å²) in [5.41, 5.74) is 0.814. The highest BCUT2D eigenvalue weighted by atomic mass is 16.5. The first kappa shape index (κ1) is 28.9. The first-order valence-corrected chi connectivity index (χ1v) is 11.7. The second-order valence-corrected chi connectivity index (χ2v) is 9.65. The van der Waals surface area contributed by atoms with Crippen LogP contribution < -0.4 is 16.0 Å². The van der Waals surface area contributed by atoms with Crippen LogP contribution in [0.1, 0.15) is 59.9 Å². The molecule has 0 bridgehead atoms. The lowest BCUT2D eigenvalue weighted by molar-refractivity contribution is -0.143. The SMILES string of the molecule is CC(C)C[C@H](NC(=O)OCc1ccccc1)C(=O)N[C@@H](CC(C)C)C(=O)N[C@H](C(=O)O)C(C)C. The van der Waals surface area contributed by atoms with Crippen LogP contribution in [-0.2, 0) is 25.7 Å². The van der Waals surface area contributed by atoms with Crippen LogP contribution in [0, 0.1) is 17.8 Å². The van der Waals surface area contributed by atoms with E-state index in [2.05, 4.69) is 16.0 Å². The highest BCUT2D eigenvalue weighted by molar-refractivity contribution is 5.92. The smallest absolute Gasteiger partial charge is 0.408 e. The van der Waals surface area contributed by atoms with Gasteiger partial charge in [0.25, 0.3) is 0 Å². The normalized spacial score (nSPS) is 13.8. The molecule has 0 aliphatic heterocycles. The van der Waals surface area contributed by atoms with Crippen molar-refractivity contribution in [3.8, 4) is 0 Å². The molecule has 1 rings (SSSR count). The van der Waals surface area contributed by atoms with E-state index in [0.29, 0.717) is 12.8 Å². The van der Waals surface area contributed by atoms with Crippen LogP contribution >= 0.6 is 0 Å². The number of rotatable bonds is 13. The molecule has 0 heterocycles. The van der Waals surface area contributed by atoms with Crippen molar-refractivity contribution in [3.05, 3.63) is 35.9 Å². The second-order valence-electron chi connectivity index (χ2n) is 9.65. The Kier molecular flexibility index (Phi) is 12.1. The number of hydrogen-bond donors (Lipinski definition) is 4. The third-order valence-electron chi connectivity index (χ3n) is 5.10. The lowest BCUT2D eigenvalue weighted by atomic mass is 9.99. The zero-order chi connectivity index (χ0) is 25.8. The summed E-state index contributed by atoms with van der Waals surface area (Å²) < 4.78 is 5.24. The number of hydrogen-bond acceptors (Lipinski definition) is 5. The van der Waals surface area contributed by atoms with Crippen LogP contribution in [0.2, 0.25) is 0 Å². The van der Waals surface area contributed by atoms with Crippen molar-refractivity contribution < 1.29 is 29.0 Å². The van der Waals surface area contributed by atoms with Gasteiger partial charge in [-0.3, -0.25) is 9.59 Å². The predicted molar refractivity (Wildman–Crippen MR) is 129 cm³/mol. The topological polar surface area (TPSA) is 134 Å². The van der Waals surface area contributed by atoms with Gasteiger partial charge in [-0.15, -0.1) is 0 Å². The van der Waals surface area contributed by atoms with Gasteiger partial charge in [0.1, 0.15) is 24.7 Å². The van der Waals surface area contributed by atoms with Crippen molar-refractivity contribution >= 4 is 23.9 Å². The number of nitrogens with one attached hydrogen (secondary N) is 3. The van der Waals surface area contributed by atoms with Gasteiger partial charge in [0.05, 0.1) is 0 Å². The minimum Gasteiger partial charge on any atom is -0.480 e. The van der Waals surface area contributed by atoms with Crippen LogP contribution in [0.15, 0.2) is 30.3 Å². The number of ether oxygens (including phenoxy) is 1. The fourth-order valence-corrected chi connectivity index (χ4v) is 3.35.